The van der Waals surface area contributed by atoms with E-state index in [1.807, 2.05) is 37.3 Å². The molecule has 0 saturated carbocycles. The SMILES string of the molecule is COCCNS(=O)(=O)c1ccc(C)c(C(=O)N[C@@H](C)c2ccccc2)c1. The van der Waals surface area contributed by atoms with Crippen LogP contribution in [-0.2, 0) is 14.8 Å². The van der Waals surface area contributed by atoms with E-state index in [0.29, 0.717) is 11.1 Å². The van der Waals surface area contributed by atoms with Crippen molar-refractivity contribution in [2.24, 2.45) is 0 Å². The average Bonchev–Trinajstić information content (AvgIpc) is 2.62. The molecule has 0 radical (unpaired) electrons. The third kappa shape index (κ3) is 5.14. The lowest BCUT2D eigenvalue weighted by atomic mass is 10.1. The van der Waals surface area contributed by atoms with Crippen LogP contribution in [0.1, 0.15) is 34.5 Å². The van der Waals surface area contributed by atoms with Crippen LogP contribution >= 0.6 is 0 Å². The summed E-state index contributed by atoms with van der Waals surface area (Å²) >= 11 is 0. The Morgan fingerprint density at radius 1 is 1.15 bits per heavy atom. The lowest BCUT2D eigenvalue weighted by Crippen LogP contribution is -2.29. The quantitative estimate of drug-likeness (QED) is 0.693. The smallest absolute Gasteiger partial charge is 0.252 e. The number of amides is 1. The number of rotatable bonds is 8. The van der Waals surface area contributed by atoms with E-state index in [9.17, 15) is 13.2 Å². The van der Waals surface area contributed by atoms with Crippen LogP contribution in [0.25, 0.3) is 0 Å². The first kappa shape index (κ1) is 20.1. The van der Waals surface area contributed by atoms with Gasteiger partial charge in [-0.25, -0.2) is 13.1 Å². The third-order valence-corrected chi connectivity index (χ3v) is 5.47. The van der Waals surface area contributed by atoms with E-state index in [1.165, 1.54) is 19.2 Å². The van der Waals surface area contributed by atoms with Gasteiger partial charge in [0.05, 0.1) is 17.5 Å². The van der Waals surface area contributed by atoms with Gasteiger partial charge in [-0.05, 0) is 37.1 Å². The molecule has 0 aliphatic rings. The Morgan fingerprint density at radius 2 is 1.85 bits per heavy atom. The number of aryl methyl sites for hydroxylation is 1. The molecule has 2 N–H and O–H groups in total. The molecule has 2 aromatic carbocycles. The highest BCUT2D eigenvalue weighted by atomic mass is 32.2. The highest BCUT2D eigenvalue weighted by Gasteiger charge is 2.19. The molecule has 26 heavy (non-hydrogen) atoms. The number of benzene rings is 2. The van der Waals surface area contributed by atoms with Crippen molar-refractivity contribution in [1.29, 1.82) is 0 Å². The van der Waals surface area contributed by atoms with Crippen LogP contribution < -0.4 is 10.0 Å². The Morgan fingerprint density at radius 3 is 2.50 bits per heavy atom. The van der Waals surface area contributed by atoms with Crippen LogP contribution in [0.15, 0.2) is 53.4 Å². The second kappa shape index (κ2) is 8.93. The summed E-state index contributed by atoms with van der Waals surface area (Å²) in [6.07, 6.45) is 0. The number of hydrogen-bond donors (Lipinski definition) is 2. The van der Waals surface area contributed by atoms with E-state index in [4.69, 9.17) is 4.74 Å². The Balaban J connectivity index is 2.19. The van der Waals surface area contributed by atoms with Crippen LogP contribution in [-0.4, -0.2) is 34.6 Å². The highest BCUT2D eigenvalue weighted by Crippen LogP contribution is 2.18. The summed E-state index contributed by atoms with van der Waals surface area (Å²) < 4.78 is 32.0. The molecule has 0 unspecified atom stereocenters. The number of ether oxygens (including phenoxy) is 1. The van der Waals surface area contributed by atoms with Crippen LogP contribution in [0.3, 0.4) is 0 Å². The minimum absolute atomic E-state index is 0.0525. The van der Waals surface area contributed by atoms with Crippen molar-refractivity contribution in [3.05, 3.63) is 65.2 Å². The molecule has 0 bridgehead atoms. The van der Waals surface area contributed by atoms with Gasteiger partial charge in [0.15, 0.2) is 0 Å². The number of sulfonamides is 1. The van der Waals surface area contributed by atoms with Crippen LogP contribution in [0.2, 0.25) is 0 Å². The lowest BCUT2D eigenvalue weighted by Gasteiger charge is -2.16. The molecule has 0 aromatic heterocycles. The molecule has 0 saturated heterocycles. The molecule has 0 fully saturated rings. The van der Waals surface area contributed by atoms with Crippen molar-refractivity contribution in [3.63, 3.8) is 0 Å². The summed E-state index contributed by atoms with van der Waals surface area (Å²) in [6.45, 7) is 4.10. The van der Waals surface area contributed by atoms with E-state index in [1.54, 1.807) is 13.0 Å². The summed E-state index contributed by atoms with van der Waals surface area (Å²) in [5.74, 6) is -0.312. The minimum atomic E-state index is -3.70. The average molecular weight is 376 g/mol. The second-order valence-corrected chi connectivity index (χ2v) is 7.74. The van der Waals surface area contributed by atoms with E-state index in [2.05, 4.69) is 10.0 Å². The van der Waals surface area contributed by atoms with Crippen molar-refractivity contribution < 1.29 is 17.9 Å². The van der Waals surface area contributed by atoms with Crippen molar-refractivity contribution >= 4 is 15.9 Å². The van der Waals surface area contributed by atoms with Gasteiger partial charge in [-0.3, -0.25) is 4.79 Å². The first-order valence-corrected chi connectivity index (χ1v) is 9.78. The van der Waals surface area contributed by atoms with Crippen LogP contribution in [0.5, 0.6) is 0 Å². The largest absolute Gasteiger partial charge is 0.383 e. The van der Waals surface area contributed by atoms with Crippen molar-refractivity contribution in [2.45, 2.75) is 24.8 Å². The Hall–Kier alpha value is -2.22. The zero-order valence-corrected chi connectivity index (χ0v) is 16.0. The van der Waals surface area contributed by atoms with Gasteiger partial charge in [-0.15, -0.1) is 0 Å². The van der Waals surface area contributed by atoms with Crippen LogP contribution in [0, 0.1) is 6.92 Å². The predicted molar refractivity (Wildman–Crippen MR) is 101 cm³/mol. The molecule has 0 spiro atoms. The first-order valence-electron chi connectivity index (χ1n) is 8.30. The zero-order chi connectivity index (χ0) is 19.2. The molecule has 1 atom stereocenters. The number of carbonyl (C=O) groups excluding carboxylic acids is 1. The maximum absolute atomic E-state index is 12.6. The van der Waals surface area contributed by atoms with E-state index in [-0.39, 0.29) is 30.0 Å². The lowest BCUT2D eigenvalue weighted by molar-refractivity contribution is 0.0939. The third-order valence-electron chi connectivity index (χ3n) is 4.01. The summed E-state index contributed by atoms with van der Waals surface area (Å²) in [7, 11) is -2.20. The number of methoxy groups -OCH3 is 1. The second-order valence-electron chi connectivity index (χ2n) is 5.97. The molecule has 6 nitrogen and oxygen atoms in total. The van der Waals surface area contributed by atoms with E-state index < -0.39 is 10.0 Å². The van der Waals surface area contributed by atoms with Crippen molar-refractivity contribution in [1.82, 2.24) is 10.0 Å². The van der Waals surface area contributed by atoms with Gasteiger partial charge in [-0.2, -0.15) is 0 Å². The first-order chi connectivity index (χ1) is 12.3. The normalized spacial score (nSPS) is 12.6. The zero-order valence-electron chi connectivity index (χ0n) is 15.2. The fourth-order valence-electron chi connectivity index (χ4n) is 2.47. The summed E-state index contributed by atoms with van der Waals surface area (Å²) in [5, 5.41) is 2.91. The van der Waals surface area contributed by atoms with Gasteiger partial charge in [0, 0.05) is 19.2 Å². The van der Waals surface area contributed by atoms with Gasteiger partial charge in [0.1, 0.15) is 0 Å². The van der Waals surface area contributed by atoms with Gasteiger partial charge in [0.25, 0.3) is 5.91 Å². The van der Waals surface area contributed by atoms with Gasteiger partial charge >= 0.3 is 0 Å². The maximum atomic E-state index is 12.6. The van der Waals surface area contributed by atoms with Gasteiger partial charge < -0.3 is 10.1 Å². The standard InChI is InChI=1S/C19H24N2O4S/c1-14-9-10-17(26(23,24)20-11-12-25-3)13-18(14)19(22)21-15(2)16-7-5-4-6-8-16/h4-10,13,15,20H,11-12H2,1-3H3,(H,21,22)/t15-/m0/s1. The van der Waals surface area contributed by atoms with E-state index in [0.717, 1.165) is 5.56 Å². The molecule has 2 rings (SSSR count). The molecule has 0 aliphatic heterocycles. The highest BCUT2D eigenvalue weighted by molar-refractivity contribution is 7.89. The summed E-state index contributed by atoms with van der Waals surface area (Å²) in [5.41, 5.74) is 2.02. The monoisotopic (exact) mass is 376 g/mol. The number of carbonyl (C=O) groups is 1. The van der Waals surface area contributed by atoms with Crippen molar-refractivity contribution in [3.8, 4) is 0 Å². The molecule has 0 heterocycles. The number of hydrogen-bond acceptors (Lipinski definition) is 4. The molecule has 140 valence electrons. The van der Waals surface area contributed by atoms with Crippen LogP contribution in [0.4, 0.5) is 0 Å². The number of nitrogens with one attached hydrogen (secondary N) is 2. The predicted octanol–water partition coefficient (Wildman–Crippen LogP) is 2.41. The summed E-state index contributed by atoms with van der Waals surface area (Å²) in [6, 6.07) is 13.9. The summed E-state index contributed by atoms with van der Waals surface area (Å²) in [4.78, 5) is 12.7. The Bertz CT molecular complexity index is 851. The minimum Gasteiger partial charge on any atom is -0.383 e. The molecular formula is C19H24N2O4S. The Kier molecular flexibility index (Phi) is 6.90. The maximum Gasteiger partial charge on any atom is 0.252 e. The van der Waals surface area contributed by atoms with Gasteiger partial charge in [0.2, 0.25) is 10.0 Å². The Labute approximate surface area is 154 Å². The molecule has 0 aliphatic carbocycles. The topological polar surface area (TPSA) is 84.5 Å². The molecule has 7 heteroatoms. The molecule has 1 amide bonds. The molecular weight excluding hydrogens is 352 g/mol. The fraction of sp³-hybridized carbons (Fsp3) is 0.316. The van der Waals surface area contributed by atoms with Crippen molar-refractivity contribution in [2.75, 3.05) is 20.3 Å². The fourth-order valence-corrected chi connectivity index (χ4v) is 3.51. The van der Waals surface area contributed by atoms with E-state index >= 15 is 0 Å². The van der Waals surface area contributed by atoms with Gasteiger partial charge in [-0.1, -0.05) is 36.4 Å². The molecule has 2 aromatic rings.